The van der Waals surface area contributed by atoms with Crippen molar-refractivity contribution in [1.29, 1.82) is 0 Å². The van der Waals surface area contributed by atoms with Gasteiger partial charge in [0, 0.05) is 28.3 Å². The summed E-state index contributed by atoms with van der Waals surface area (Å²) in [5.41, 5.74) is 5.43. The highest BCUT2D eigenvalue weighted by atomic mass is 79.9. The van der Waals surface area contributed by atoms with Gasteiger partial charge in [0.25, 0.3) is 0 Å². The normalized spacial score (nSPS) is 19.2. The third-order valence-electron chi connectivity index (χ3n) is 3.73. The Labute approximate surface area is 125 Å². The van der Waals surface area contributed by atoms with Crippen LogP contribution in [0.1, 0.15) is 12.8 Å². The average Bonchev–Trinajstić information content (AvgIpc) is 2.46. The summed E-state index contributed by atoms with van der Waals surface area (Å²) in [6.45, 7) is 1.51. The van der Waals surface area contributed by atoms with E-state index in [4.69, 9.17) is 5.73 Å². The van der Waals surface area contributed by atoms with E-state index in [0.717, 1.165) is 40.4 Å². The number of primary amides is 1. The fraction of sp³-hybridized carbons (Fsp3) is 0.357. The van der Waals surface area contributed by atoms with Crippen molar-refractivity contribution in [3.63, 3.8) is 0 Å². The summed E-state index contributed by atoms with van der Waals surface area (Å²) in [7, 11) is 0. The minimum atomic E-state index is -0.231. The van der Waals surface area contributed by atoms with Crippen molar-refractivity contribution in [2.75, 3.05) is 18.0 Å². The molecule has 20 heavy (non-hydrogen) atoms. The number of benzene rings is 1. The number of nitrogens with two attached hydrogens (primary N) is 1. The summed E-state index contributed by atoms with van der Waals surface area (Å²) in [6.07, 6.45) is 3.55. The zero-order valence-corrected chi connectivity index (χ0v) is 12.5. The number of carbonyl (C=O) groups excluding carboxylic acids is 1. The molecule has 0 saturated carbocycles. The van der Waals surface area contributed by atoms with Crippen LogP contribution in [0.25, 0.3) is 10.8 Å². The number of rotatable bonds is 2. The highest BCUT2D eigenvalue weighted by Crippen LogP contribution is 2.29. The van der Waals surface area contributed by atoms with Crippen molar-refractivity contribution in [3.05, 3.63) is 28.9 Å². The summed E-state index contributed by atoms with van der Waals surface area (Å²) in [5.74, 6) is 0.503. The van der Waals surface area contributed by atoms with E-state index in [2.05, 4.69) is 31.0 Å². The summed E-state index contributed by atoms with van der Waals surface area (Å²) >= 11 is 3.46. The number of fused-ring (bicyclic) bond motifs is 1. The first-order chi connectivity index (χ1) is 9.65. The maximum atomic E-state index is 11.4. The number of halogens is 1. The molecule has 1 atom stereocenters. The SMILES string of the molecule is NC(=O)C1CCCN(c2nncc3cc(Br)ccc23)C1. The summed E-state index contributed by atoms with van der Waals surface area (Å²) < 4.78 is 1.01. The topological polar surface area (TPSA) is 72.1 Å². The van der Waals surface area contributed by atoms with Gasteiger partial charge in [0.1, 0.15) is 0 Å². The highest BCUT2D eigenvalue weighted by molar-refractivity contribution is 9.10. The lowest BCUT2D eigenvalue weighted by Gasteiger charge is -2.32. The Morgan fingerprint density at radius 1 is 1.45 bits per heavy atom. The third-order valence-corrected chi connectivity index (χ3v) is 4.22. The first kappa shape index (κ1) is 13.3. The van der Waals surface area contributed by atoms with Gasteiger partial charge in [-0.1, -0.05) is 15.9 Å². The van der Waals surface area contributed by atoms with Crippen LogP contribution in [-0.4, -0.2) is 29.2 Å². The predicted octanol–water partition coefficient (Wildman–Crippen LogP) is 2.09. The van der Waals surface area contributed by atoms with E-state index in [1.165, 1.54) is 0 Å². The Hall–Kier alpha value is -1.69. The summed E-state index contributed by atoms with van der Waals surface area (Å²) in [4.78, 5) is 13.5. The van der Waals surface area contributed by atoms with Gasteiger partial charge in [-0.2, -0.15) is 5.10 Å². The smallest absolute Gasteiger partial charge is 0.222 e. The van der Waals surface area contributed by atoms with Gasteiger partial charge in [0.05, 0.1) is 12.1 Å². The summed E-state index contributed by atoms with van der Waals surface area (Å²) in [5, 5.41) is 10.4. The van der Waals surface area contributed by atoms with Crippen LogP contribution < -0.4 is 10.6 Å². The Balaban J connectivity index is 1.99. The van der Waals surface area contributed by atoms with Crippen LogP contribution in [-0.2, 0) is 4.79 Å². The quantitative estimate of drug-likeness (QED) is 0.912. The van der Waals surface area contributed by atoms with Crippen LogP contribution >= 0.6 is 15.9 Å². The van der Waals surface area contributed by atoms with E-state index in [1.54, 1.807) is 6.20 Å². The fourth-order valence-electron chi connectivity index (χ4n) is 2.68. The van der Waals surface area contributed by atoms with Crippen molar-refractivity contribution >= 4 is 38.4 Å². The molecule has 0 spiro atoms. The molecule has 0 radical (unpaired) electrons. The number of hydrogen-bond acceptors (Lipinski definition) is 4. The van der Waals surface area contributed by atoms with Crippen molar-refractivity contribution in [3.8, 4) is 0 Å². The first-order valence-corrected chi connectivity index (χ1v) is 7.39. The molecule has 0 aliphatic carbocycles. The molecule has 1 aromatic carbocycles. The van der Waals surface area contributed by atoms with E-state index in [-0.39, 0.29) is 11.8 Å². The van der Waals surface area contributed by atoms with E-state index in [1.807, 2.05) is 18.2 Å². The van der Waals surface area contributed by atoms with Gasteiger partial charge >= 0.3 is 0 Å². The van der Waals surface area contributed by atoms with Crippen LogP contribution in [0, 0.1) is 5.92 Å². The Kier molecular flexibility index (Phi) is 3.56. The Bertz CT molecular complexity index is 661. The van der Waals surface area contributed by atoms with E-state index >= 15 is 0 Å². The van der Waals surface area contributed by atoms with Gasteiger partial charge in [-0.05, 0) is 31.0 Å². The fourth-order valence-corrected chi connectivity index (χ4v) is 3.06. The number of carbonyl (C=O) groups is 1. The molecule has 104 valence electrons. The lowest BCUT2D eigenvalue weighted by Crippen LogP contribution is -2.41. The van der Waals surface area contributed by atoms with Crippen molar-refractivity contribution in [1.82, 2.24) is 10.2 Å². The minimum absolute atomic E-state index is 0.101. The van der Waals surface area contributed by atoms with Crippen molar-refractivity contribution in [2.45, 2.75) is 12.8 Å². The van der Waals surface area contributed by atoms with Gasteiger partial charge < -0.3 is 10.6 Å². The molecular weight excluding hydrogens is 320 g/mol. The minimum Gasteiger partial charge on any atom is -0.369 e. The molecule has 0 bridgehead atoms. The van der Waals surface area contributed by atoms with Gasteiger partial charge in [-0.15, -0.1) is 5.10 Å². The van der Waals surface area contributed by atoms with E-state index in [0.29, 0.717) is 6.54 Å². The standard InChI is InChI=1S/C14H15BrN4O/c15-11-3-4-12-10(6-11)7-17-18-14(12)19-5-1-2-9(8-19)13(16)20/h3-4,6-7,9H,1-2,5,8H2,(H2,16,20). The molecule has 2 aromatic rings. The highest BCUT2D eigenvalue weighted by Gasteiger charge is 2.25. The predicted molar refractivity (Wildman–Crippen MR) is 81.4 cm³/mol. The number of amides is 1. The number of hydrogen-bond donors (Lipinski definition) is 1. The number of piperidine rings is 1. The molecule has 3 rings (SSSR count). The van der Waals surface area contributed by atoms with Gasteiger partial charge in [-0.3, -0.25) is 4.79 Å². The molecule has 1 aliphatic rings. The first-order valence-electron chi connectivity index (χ1n) is 6.60. The van der Waals surface area contributed by atoms with Crippen LogP contribution in [0.4, 0.5) is 5.82 Å². The molecule has 1 fully saturated rings. The molecular formula is C14H15BrN4O. The molecule has 1 unspecified atom stereocenters. The number of anilines is 1. The van der Waals surface area contributed by atoms with Crippen LogP contribution in [0.15, 0.2) is 28.9 Å². The number of aromatic nitrogens is 2. The molecule has 1 amide bonds. The third kappa shape index (κ3) is 2.47. The lowest BCUT2D eigenvalue weighted by atomic mass is 9.97. The zero-order chi connectivity index (χ0) is 14.1. The maximum Gasteiger partial charge on any atom is 0.222 e. The Morgan fingerprint density at radius 2 is 2.30 bits per heavy atom. The summed E-state index contributed by atoms with van der Waals surface area (Å²) in [6, 6.07) is 6.03. The van der Waals surface area contributed by atoms with E-state index in [9.17, 15) is 4.79 Å². The molecule has 6 heteroatoms. The van der Waals surface area contributed by atoms with Crippen LogP contribution in [0.2, 0.25) is 0 Å². The molecule has 1 saturated heterocycles. The zero-order valence-electron chi connectivity index (χ0n) is 10.9. The second kappa shape index (κ2) is 5.36. The van der Waals surface area contributed by atoms with E-state index < -0.39 is 0 Å². The lowest BCUT2D eigenvalue weighted by molar-refractivity contribution is -0.122. The molecule has 1 aliphatic heterocycles. The molecule has 2 heterocycles. The number of nitrogens with zero attached hydrogens (tertiary/aromatic N) is 3. The monoisotopic (exact) mass is 334 g/mol. The second-order valence-electron chi connectivity index (χ2n) is 5.09. The van der Waals surface area contributed by atoms with Crippen LogP contribution in [0.3, 0.4) is 0 Å². The molecule has 2 N–H and O–H groups in total. The van der Waals surface area contributed by atoms with Gasteiger partial charge in [0.15, 0.2) is 5.82 Å². The average molecular weight is 335 g/mol. The maximum absolute atomic E-state index is 11.4. The molecule has 1 aromatic heterocycles. The largest absolute Gasteiger partial charge is 0.369 e. The van der Waals surface area contributed by atoms with Crippen molar-refractivity contribution < 1.29 is 4.79 Å². The van der Waals surface area contributed by atoms with Crippen molar-refractivity contribution in [2.24, 2.45) is 11.7 Å². The van der Waals surface area contributed by atoms with Gasteiger partial charge in [-0.25, -0.2) is 0 Å². The van der Waals surface area contributed by atoms with Gasteiger partial charge in [0.2, 0.25) is 5.91 Å². The Morgan fingerprint density at radius 3 is 3.10 bits per heavy atom. The second-order valence-corrected chi connectivity index (χ2v) is 6.00. The van der Waals surface area contributed by atoms with Crippen LogP contribution in [0.5, 0.6) is 0 Å². The molecule has 5 nitrogen and oxygen atoms in total.